The number of rotatable bonds is 5. The van der Waals surface area contributed by atoms with Crippen molar-refractivity contribution in [2.45, 2.75) is 33.8 Å². The topological polar surface area (TPSA) is 91.4 Å². The number of hydrogen-bond acceptors (Lipinski definition) is 4. The minimum atomic E-state index is -0.688. The van der Waals surface area contributed by atoms with Gasteiger partial charge in [-0.25, -0.2) is 4.79 Å². The Labute approximate surface area is 140 Å². The maximum atomic E-state index is 12.1. The Morgan fingerprint density at radius 3 is 2.58 bits per heavy atom. The van der Waals surface area contributed by atoms with Gasteiger partial charge in [-0.05, 0) is 51.0 Å². The summed E-state index contributed by atoms with van der Waals surface area (Å²) in [5.41, 5.74) is 3.94. The summed E-state index contributed by atoms with van der Waals surface area (Å²) >= 11 is 0. The average Bonchev–Trinajstić information content (AvgIpc) is 2.79. The van der Waals surface area contributed by atoms with E-state index in [1.807, 2.05) is 25.1 Å². The van der Waals surface area contributed by atoms with Crippen LogP contribution in [0.5, 0.6) is 0 Å². The van der Waals surface area contributed by atoms with E-state index in [-0.39, 0.29) is 12.3 Å². The molecule has 2 rings (SSSR count). The lowest BCUT2D eigenvalue weighted by Crippen LogP contribution is -2.21. The molecule has 0 radical (unpaired) electrons. The highest BCUT2D eigenvalue weighted by atomic mass is 16.5. The van der Waals surface area contributed by atoms with Crippen LogP contribution in [0.4, 0.5) is 5.69 Å². The van der Waals surface area contributed by atoms with E-state index in [9.17, 15) is 14.7 Å². The predicted molar refractivity (Wildman–Crippen MR) is 91.0 cm³/mol. The van der Waals surface area contributed by atoms with Gasteiger partial charge in [-0.3, -0.25) is 4.79 Å². The molecule has 0 aliphatic carbocycles. The number of aryl methyl sites for hydroxylation is 2. The Kier molecular flexibility index (Phi) is 5.41. The summed E-state index contributed by atoms with van der Waals surface area (Å²) in [6.45, 7) is 6.68. The van der Waals surface area contributed by atoms with Gasteiger partial charge in [0.05, 0.1) is 6.10 Å². The van der Waals surface area contributed by atoms with Crippen LogP contribution in [-0.4, -0.2) is 28.6 Å². The number of aliphatic hydroxyl groups excluding tert-OH is 1. The van der Waals surface area contributed by atoms with Gasteiger partial charge in [0, 0.05) is 16.9 Å². The van der Waals surface area contributed by atoms with E-state index in [1.54, 1.807) is 26.8 Å². The fourth-order valence-electron chi connectivity index (χ4n) is 2.72. The zero-order chi connectivity index (χ0) is 17.9. The van der Waals surface area contributed by atoms with E-state index in [0.717, 1.165) is 5.56 Å². The highest BCUT2D eigenvalue weighted by molar-refractivity contribution is 5.95. The van der Waals surface area contributed by atoms with Gasteiger partial charge >= 0.3 is 5.97 Å². The number of H-pyrrole nitrogens is 1. The predicted octanol–water partition coefficient (Wildman–Crippen LogP) is 2.79. The van der Waals surface area contributed by atoms with Crippen molar-refractivity contribution in [2.75, 3.05) is 11.9 Å². The first-order chi connectivity index (χ1) is 11.3. The molecule has 0 saturated carbocycles. The second kappa shape index (κ2) is 7.31. The Balaban J connectivity index is 1.98. The van der Waals surface area contributed by atoms with Crippen molar-refractivity contribution in [2.24, 2.45) is 0 Å². The molecule has 0 aliphatic heterocycles. The lowest BCUT2D eigenvalue weighted by Gasteiger charge is -2.07. The number of aromatic nitrogens is 1. The largest absolute Gasteiger partial charge is 0.451 e. The van der Waals surface area contributed by atoms with E-state index in [0.29, 0.717) is 22.5 Å². The van der Waals surface area contributed by atoms with Crippen LogP contribution in [-0.2, 0) is 9.53 Å². The van der Waals surface area contributed by atoms with Gasteiger partial charge in [-0.2, -0.15) is 0 Å². The average molecular weight is 330 g/mol. The normalized spacial score (nSPS) is 11.9. The molecule has 2 aromatic rings. The minimum Gasteiger partial charge on any atom is -0.451 e. The van der Waals surface area contributed by atoms with Crippen molar-refractivity contribution in [3.63, 3.8) is 0 Å². The number of ether oxygens (including phenoxy) is 1. The summed E-state index contributed by atoms with van der Waals surface area (Å²) in [5.74, 6) is -1.03. The molecule has 24 heavy (non-hydrogen) atoms. The second-order valence-electron chi connectivity index (χ2n) is 5.83. The number of anilines is 1. The Bertz CT molecular complexity index is 762. The van der Waals surface area contributed by atoms with Gasteiger partial charge in [-0.15, -0.1) is 0 Å². The van der Waals surface area contributed by atoms with Crippen molar-refractivity contribution in [3.05, 3.63) is 52.3 Å². The van der Waals surface area contributed by atoms with Crippen molar-refractivity contribution < 1.29 is 19.4 Å². The van der Waals surface area contributed by atoms with E-state index in [2.05, 4.69) is 10.3 Å². The van der Waals surface area contributed by atoms with Crippen molar-refractivity contribution in [3.8, 4) is 0 Å². The molecule has 1 aromatic heterocycles. The van der Waals surface area contributed by atoms with Crippen LogP contribution in [0.15, 0.2) is 24.3 Å². The lowest BCUT2D eigenvalue weighted by molar-refractivity contribution is -0.119. The zero-order valence-electron chi connectivity index (χ0n) is 14.3. The number of carbonyl (C=O) groups excluding carboxylic acids is 2. The summed E-state index contributed by atoms with van der Waals surface area (Å²) in [6.07, 6.45) is -0.688. The first-order valence-electron chi connectivity index (χ1n) is 7.70. The van der Waals surface area contributed by atoms with Crippen molar-refractivity contribution in [1.29, 1.82) is 0 Å². The number of aliphatic hydroxyl groups is 1. The molecule has 128 valence electrons. The molecule has 6 heteroatoms. The third kappa shape index (κ3) is 4.02. The highest BCUT2D eigenvalue weighted by Crippen LogP contribution is 2.24. The van der Waals surface area contributed by atoms with E-state index in [4.69, 9.17) is 4.74 Å². The van der Waals surface area contributed by atoms with Crippen LogP contribution in [0, 0.1) is 20.8 Å². The van der Waals surface area contributed by atoms with Crippen LogP contribution >= 0.6 is 0 Å². The van der Waals surface area contributed by atoms with E-state index in [1.165, 1.54) is 0 Å². The molecule has 0 saturated heterocycles. The molecule has 1 amide bonds. The van der Waals surface area contributed by atoms with Crippen LogP contribution in [0.25, 0.3) is 0 Å². The van der Waals surface area contributed by atoms with Crippen LogP contribution in [0.2, 0.25) is 0 Å². The maximum absolute atomic E-state index is 12.1. The Hall–Kier alpha value is -2.60. The van der Waals surface area contributed by atoms with Gasteiger partial charge in [0.25, 0.3) is 5.91 Å². The van der Waals surface area contributed by atoms with Gasteiger partial charge in [0.2, 0.25) is 0 Å². The number of amides is 1. The third-order valence-electron chi connectivity index (χ3n) is 3.75. The highest BCUT2D eigenvalue weighted by Gasteiger charge is 2.21. The molecule has 1 aromatic carbocycles. The van der Waals surface area contributed by atoms with Gasteiger partial charge < -0.3 is 20.1 Å². The minimum absolute atomic E-state index is 0.256. The first kappa shape index (κ1) is 17.7. The molecule has 0 bridgehead atoms. The molecule has 0 fully saturated rings. The maximum Gasteiger partial charge on any atom is 0.355 e. The molecule has 6 nitrogen and oxygen atoms in total. The smallest absolute Gasteiger partial charge is 0.355 e. The molecule has 0 aliphatic rings. The summed E-state index contributed by atoms with van der Waals surface area (Å²) < 4.78 is 5.06. The second-order valence-corrected chi connectivity index (χ2v) is 5.83. The number of carbonyl (C=O) groups is 2. The monoisotopic (exact) mass is 330 g/mol. The molecule has 0 unspecified atom stereocenters. The lowest BCUT2D eigenvalue weighted by atomic mass is 10.1. The fraction of sp³-hybridized carbons (Fsp3) is 0.333. The van der Waals surface area contributed by atoms with Gasteiger partial charge in [0.1, 0.15) is 5.69 Å². The van der Waals surface area contributed by atoms with Crippen molar-refractivity contribution in [1.82, 2.24) is 4.98 Å². The molecule has 1 heterocycles. The third-order valence-corrected chi connectivity index (χ3v) is 3.75. The van der Waals surface area contributed by atoms with E-state index >= 15 is 0 Å². The Morgan fingerprint density at radius 1 is 1.29 bits per heavy atom. The molecule has 0 spiro atoms. The SMILES string of the molecule is Cc1cccc(NC(=O)COC(=O)c2[nH]c(C)c([C@H](C)O)c2C)c1. The molecular weight excluding hydrogens is 308 g/mol. The summed E-state index contributed by atoms with van der Waals surface area (Å²) in [4.78, 5) is 26.9. The van der Waals surface area contributed by atoms with Crippen LogP contribution < -0.4 is 5.32 Å². The zero-order valence-corrected chi connectivity index (χ0v) is 14.3. The fourth-order valence-corrected chi connectivity index (χ4v) is 2.72. The van der Waals surface area contributed by atoms with Gasteiger partial charge in [-0.1, -0.05) is 12.1 Å². The van der Waals surface area contributed by atoms with Gasteiger partial charge in [0.15, 0.2) is 6.61 Å². The van der Waals surface area contributed by atoms with Crippen LogP contribution in [0.3, 0.4) is 0 Å². The summed E-state index contributed by atoms with van der Waals surface area (Å²) in [7, 11) is 0. The molecular formula is C18H22N2O4. The number of esters is 1. The summed E-state index contributed by atoms with van der Waals surface area (Å²) in [5, 5.41) is 12.4. The quantitative estimate of drug-likeness (QED) is 0.735. The first-order valence-corrected chi connectivity index (χ1v) is 7.70. The number of aromatic amines is 1. The molecule has 1 atom stereocenters. The number of benzene rings is 1. The number of nitrogens with one attached hydrogen (secondary N) is 2. The van der Waals surface area contributed by atoms with Crippen LogP contribution in [0.1, 0.15) is 45.9 Å². The molecule has 3 N–H and O–H groups in total. The van der Waals surface area contributed by atoms with E-state index < -0.39 is 18.0 Å². The summed E-state index contributed by atoms with van der Waals surface area (Å²) in [6, 6.07) is 7.35. The standard InChI is InChI=1S/C18H22N2O4/c1-10-6-5-7-14(8-10)20-15(22)9-24-18(23)17-11(2)16(13(4)21)12(3)19-17/h5-8,13,19,21H,9H2,1-4H3,(H,20,22)/t13-/m0/s1. The van der Waals surface area contributed by atoms with Crippen molar-refractivity contribution >= 4 is 17.6 Å². The number of hydrogen-bond donors (Lipinski definition) is 3. The Morgan fingerprint density at radius 2 is 2.00 bits per heavy atom.